The summed E-state index contributed by atoms with van der Waals surface area (Å²) in [6, 6.07) is 15.1. The number of methoxy groups -OCH3 is 2. The number of sulfonamides is 1. The standard InChI is InChI=1S/C26H29ClN2O5S/c1-17-7-11-24(34-6)25(13-17)35(31,32)29(21-10-12-23(33-5)22(27)15-21)16-26(30)28(4)20-9-8-18(2)19(3)14-20/h7-15H,16H2,1-6H3. The Labute approximate surface area is 211 Å². The Balaban J connectivity index is 2.10. The Kier molecular flexibility index (Phi) is 7.97. The molecular formula is C26H29ClN2O5S. The summed E-state index contributed by atoms with van der Waals surface area (Å²) in [5.74, 6) is 0.144. The van der Waals surface area contributed by atoms with E-state index in [-0.39, 0.29) is 21.4 Å². The molecule has 0 aliphatic carbocycles. The molecule has 0 fully saturated rings. The molecule has 0 radical (unpaired) electrons. The minimum absolute atomic E-state index is 0.0476. The van der Waals surface area contributed by atoms with Crippen molar-refractivity contribution in [1.29, 1.82) is 0 Å². The number of carbonyl (C=O) groups is 1. The van der Waals surface area contributed by atoms with Gasteiger partial charge < -0.3 is 14.4 Å². The lowest BCUT2D eigenvalue weighted by atomic mass is 10.1. The summed E-state index contributed by atoms with van der Waals surface area (Å²) in [7, 11) is 0.264. The van der Waals surface area contributed by atoms with E-state index < -0.39 is 22.5 Å². The van der Waals surface area contributed by atoms with Gasteiger partial charge in [0.05, 0.1) is 24.9 Å². The van der Waals surface area contributed by atoms with E-state index in [0.29, 0.717) is 11.4 Å². The van der Waals surface area contributed by atoms with Crippen LogP contribution in [-0.2, 0) is 14.8 Å². The number of benzene rings is 3. The van der Waals surface area contributed by atoms with Gasteiger partial charge in [-0.25, -0.2) is 8.42 Å². The summed E-state index contributed by atoms with van der Waals surface area (Å²) in [5, 5.41) is 0.219. The van der Waals surface area contributed by atoms with Gasteiger partial charge in [-0.3, -0.25) is 9.10 Å². The van der Waals surface area contributed by atoms with E-state index in [9.17, 15) is 13.2 Å². The third-order valence-electron chi connectivity index (χ3n) is 5.84. The van der Waals surface area contributed by atoms with Crippen LogP contribution in [0.2, 0.25) is 5.02 Å². The van der Waals surface area contributed by atoms with Crippen LogP contribution in [0.5, 0.6) is 11.5 Å². The van der Waals surface area contributed by atoms with Gasteiger partial charge in [-0.2, -0.15) is 0 Å². The molecule has 0 heterocycles. The van der Waals surface area contributed by atoms with Crippen molar-refractivity contribution in [2.75, 3.05) is 37.0 Å². The quantitative estimate of drug-likeness (QED) is 0.414. The Morgan fingerprint density at radius 1 is 0.857 bits per heavy atom. The second-order valence-corrected chi connectivity index (χ2v) is 10.4. The van der Waals surface area contributed by atoms with Crippen molar-refractivity contribution in [1.82, 2.24) is 0 Å². The van der Waals surface area contributed by atoms with Gasteiger partial charge in [0.2, 0.25) is 5.91 Å². The second-order valence-electron chi connectivity index (χ2n) is 8.21. The molecule has 0 aromatic heterocycles. The van der Waals surface area contributed by atoms with Crippen LogP contribution in [0.25, 0.3) is 0 Å². The highest BCUT2D eigenvalue weighted by Gasteiger charge is 2.31. The summed E-state index contributed by atoms with van der Waals surface area (Å²) in [6.07, 6.45) is 0. The largest absolute Gasteiger partial charge is 0.495 e. The molecule has 186 valence electrons. The van der Waals surface area contributed by atoms with Crippen LogP contribution in [0.3, 0.4) is 0 Å². The molecule has 0 saturated heterocycles. The molecule has 0 unspecified atom stereocenters. The lowest BCUT2D eigenvalue weighted by Gasteiger charge is -2.28. The summed E-state index contributed by atoms with van der Waals surface area (Å²) in [5.41, 5.74) is 3.74. The number of anilines is 2. The number of carbonyl (C=O) groups excluding carboxylic acids is 1. The summed E-state index contributed by atoms with van der Waals surface area (Å²) in [4.78, 5) is 14.8. The minimum Gasteiger partial charge on any atom is -0.495 e. The SMILES string of the molecule is COc1ccc(N(CC(=O)N(C)c2ccc(C)c(C)c2)S(=O)(=O)c2cc(C)ccc2OC)cc1Cl. The van der Waals surface area contributed by atoms with Crippen molar-refractivity contribution in [2.24, 2.45) is 0 Å². The van der Waals surface area contributed by atoms with Crippen LogP contribution in [-0.4, -0.2) is 42.1 Å². The van der Waals surface area contributed by atoms with E-state index in [1.54, 1.807) is 38.2 Å². The lowest BCUT2D eigenvalue weighted by molar-refractivity contribution is -0.116. The number of rotatable bonds is 8. The zero-order valence-electron chi connectivity index (χ0n) is 20.6. The Bertz CT molecular complexity index is 1360. The average Bonchev–Trinajstić information content (AvgIpc) is 2.83. The Hall–Kier alpha value is -3.23. The topological polar surface area (TPSA) is 76.2 Å². The van der Waals surface area contributed by atoms with Gasteiger partial charge in [-0.15, -0.1) is 0 Å². The fourth-order valence-electron chi connectivity index (χ4n) is 3.54. The smallest absolute Gasteiger partial charge is 0.268 e. The predicted molar refractivity (Wildman–Crippen MR) is 140 cm³/mol. The number of likely N-dealkylation sites (N-methyl/N-ethyl adjacent to an activating group) is 1. The fourth-order valence-corrected chi connectivity index (χ4v) is 5.44. The van der Waals surface area contributed by atoms with Crippen LogP contribution in [0, 0.1) is 20.8 Å². The lowest BCUT2D eigenvalue weighted by Crippen LogP contribution is -2.42. The second kappa shape index (κ2) is 10.6. The van der Waals surface area contributed by atoms with Gasteiger partial charge in [0, 0.05) is 12.7 Å². The van der Waals surface area contributed by atoms with E-state index in [0.717, 1.165) is 21.0 Å². The molecule has 3 rings (SSSR count). The van der Waals surface area contributed by atoms with E-state index in [4.69, 9.17) is 21.1 Å². The first-order chi connectivity index (χ1) is 16.5. The molecule has 3 aromatic rings. The monoisotopic (exact) mass is 516 g/mol. The van der Waals surface area contributed by atoms with Crippen molar-refractivity contribution in [2.45, 2.75) is 25.7 Å². The maximum atomic E-state index is 13.9. The van der Waals surface area contributed by atoms with Crippen molar-refractivity contribution in [3.63, 3.8) is 0 Å². The van der Waals surface area contributed by atoms with Gasteiger partial charge in [0.15, 0.2) is 0 Å². The average molecular weight is 517 g/mol. The highest BCUT2D eigenvalue weighted by atomic mass is 35.5. The number of aryl methyl sites for hydroxylation is 3. The molecule has 7 nitrogen and oxygen atoms in total. The van der Waals surface area contributed by atoms with Crippen molar-refractivity contribution >= 4 is 38.9 Å². The Morgan fingerprint density at radius 3 is 2.09 bits per heavy atom. The normalized spacial score (nSPS) is 11.2. The zero-order valence-corrected chi connectivity index (χ0v) is 22.2. The molecule has 0 saturated carbocycles. The Morgan fingerprint density at radius 2 is 1.49 bits per heavy atom. The van der Waals surface area contributed by atoms with E-state index in [2.05, 4.69) is 0 Å². The molecule has 35 heavy (non-hydrogen) atoms. The van der Waals surface area contributed by atoms with E-state index >= 15 is 0 Å². The first-order valence-corrected chi connectivity index (χ1v) is 12.7. The number of hydrogen-bond donors (Lipinski definition) is 0. The van der Waals surface area contributed by atoms with Crippen LogP contribution in [0.15, 0.2) is 59.5 Å². The summed E-state index contributed by atoms with van der Waals surface area (Å²) in [6.45, 7) is 5.27. The maximum Gasteiger partial charge on any atom is 0.268 e. The van der Waals surface area contributed by atoms with Gasteiger partial charge in [-0.05, 0) is 79.9 Å². The summed E-state index contributed by atoms with van der Waals surface area (Å²) >= 11 is 6.31. The number of hydrogen-bond acceptors (Lipinski definition) is 5. The van der Waals surface area contributed by atoms with Crippen LogP contribution >= 0.6 is 11.6 Å². The van der Waals surface area contributed by atoms with E-state index in [1.807, 2.05) is 32.0 Å². The molecule has 0 aliphatic rings. The highest BCUT2D eigenvalue weighted by molar-refractivity contribution is 7.93. The van der Waals surface area contributed by atoms with Crippen molar-refractivity contribution < 1.29 is 22.7 Å². The molecule has 0 N–H and O–H groups in total. The number of nitrogens with zero attached hydrogens (tertiary/aromatic N) is 2. The van der Waals surface area contributed by atoms with Crippen molar-refractivity contribution in [3.05, 3.63) is 76.3 Å². The molecule has 0 spiro atoms. The third-order valence-corrected chi connectivity index (χ3v) is 7.93. The zero-order chi connectivity index (χ0) is 25.9. The number of ether oxygens (including phenoxy) is 2. The summed E-state index contributed by atoms with van der Waals surface area (Å²) < 4.78 is 39.4. The van der Waals surface area contributed by atoms with Gasteiger partial charge >= 0.3 is 0 Å². The molecule has 3 aromatic carbocycles. The number of halogens is 1. The predicted octanol–water partition coefficient (Wildman–Crippen LogP) is 5.14. The molecule has 0 atom stereocenters. The van der Waals surface area contributed by atoms with Crippen LogP contribution in [0.4, 0.5) is 11.4 Å². The van der Waals surface area contributed by atoms with Crippen molar-refractivity contribution in [3.8, 4) is 11.5 Å². The first-order valence-electron chi connectivity index (χ1n) is 10.8. The molecule has 9 heteroatoms. The van der Waals surface area contributed by atoms with Gasteiger partial charge in [-0.1, -0.05) is 23.7 Å². The van der Waals surface area contributed by atoms with Gasteiger partial charge in [0.1, 0.15) is 22.9 Å². The molecular weight excluding hydrogens is 488 g/mol. The van der Waals surface area contributed by atoms with Crippen LogP contribution in [0.1, 0.15) is 16.7 Å². The van der Waals surface area contributed by atoms with E-state index in [1.165, 1.54) is 31.3 Å². The fraction of sp³-hybridized carbons (Fsp3) is 0.269. The van der Waals surface area contributed by atoms with Crippen LogP contribution < -0.4 is 18.7 Å². The van der Waals surface area contributed by atoms with Gasteiger partial charge in [0.25, 0.3) is 10.0 Å². The highest BCUT2D eigenvalue weighted by Crippen LogP contribution is 2.35. The molecule has 1 amide bonds. The molecule has 0 aliphatic heterocycles. The molecule has 0 bridgehead atoms. The third kappa shape index (κ3) is 5.55. The minimum atomic E-state index is -4.22. The maximum absolute atomic E-state index is 13.9. The number of amides is 1. The first kappa shape index (κ1) is 26.4.